The van der Waals surface area contributed by atoms with Crippen molar-refractivity contribution in [2.75, 3.05) is 0 Å². The van der Waals surface area contributed by atoms with Crippen molar-refractivity contribution in [3.05, 3.63) is 77.8 Å². The number of nitrogens with two attached hydrogens (primary N) is 1. The number of fused-ring (bicyclic) bond motifs is 1. The molecule has 0 spiro atoms. The molecule has 0 saturated carbocycles. The molecular formula is C22H26N4. The first-order chi connectivity index (χ1) is 12.6. The predicted molar refractivity (Wildman–Crippen MR) is 109 cm³/mol. The molecule has 3 rings (SSSR count). The van der Waals surface area contributed by atoms with Gasteiger partial charge in [-0.25, -0.2) is 4.68 Å². The standard InChI is InChI=1S/C22H26N4/c1-4-5-9-20(26-22-10-7-6-8-18(22)15-24-26)13-19(23)14-21-16(2)11-12-17(3)25-21/h4-12,15,19H,13-14,23H2,1-3H3/b5-4-,20-9+. The van der Waals surface area contributed by atoms with Gasteiger partial charge in [-0.05, 0) is 44.5 Å². The molecule has 0 saturated heterocycles. The van der Waals surface area contributed by atoms with Crippen LogP contribution in [-0.2, 0) is 6.42 Å². The topological polar surface area (TPSA) is 56.7 Å². The Bertz CT molecular complexity index is 950. The van der Waals surface area contributed by atoms with E-state index in [0.29, 0.717) is 0 Å². The quantitative estimate of drug-likeness (QED) is 0.672. The lowest BCUT2D eigenvalue weighted by molar-refractivity contribution is 0.652. The zero-order valence-electron chi connectivity index (χ0n) is 15.7. The van der Waals surface area contributed by atoms with E-state index in [0.717, 1.165) is 40.8 Å². The molecule has 4 heteroatoms. The highest BCUT2D eigenvalue weighted by atomic mass is 15.3. The van der Waals surface area contributed by atoms with Gasteiger partial charge in [0.05, 0.1) is 11.7 Å². The molecule has 26 heavy (non-hydrogen) atoms. The van der Waals surface area contributed by atoms with Crippen molar-refractivity contribution in [2.45, 2.75) is 39.7 Å². The average Bonchev–Trinajstić information content (AvgIpc) is 3.06. The summed E-state index contributed by atoms with van der Waals surface area (Å²) in [6.45, 7) is 6.11. The number of para-hydroxylation sites is 1. The first kappa shape index (κ1) is 18.1. The molecule has 2 aromatic heterocycles. The summed E-state index contributed by atoms with van der Waals surface area (Å²) in [5.41, 5.74) is 12.0. The lowest BCUT2D eigenvalue weighted by Crippen LogP contribution is -2.25. The third-order valence-electron chi connectivity index (χ3n) is 4.50. The van der Waals surface area contributed by atoms with Crippen LogP contribution in [0, 0.1) is 13.8 Å². The number of aromatic nitrogens is 3. The Labute approximate surface area is 155 Å². The molecule has 2 N–H and O–H groups in total. The molecule has 0 fully saturated rings. The van der Waals surface area contributed by atoms with Crippen molar-refractivity contribution in [3.63, 3.8) is 0 Å². The van der Waals surface area contributed by atoms with Crippen molar-refractivity contribution in [3.8, 4) is 0 Å². The van der Waals surface area contributed by atoms with Gasteiger partial charge in [0.1, 0.15) is 0 Å². The van der Waals surface area contributed by atoms with Gasteiger partial charge in [0, 0.05) is 41.4 Å². The molecular weight excluding hydrogens is 320 g/mol. The number of pyridine rings is 1. The minimum absolute atomic E-state index is 0.0255. The highest BCUT2D eigenvalue weighted by Gasteiger charge is 2.13. The third-order valence-corrected chi connectivity index (χ3v) is 4.50. The Hall–Kier alpha value is -2.72. The Morgan fingerprint density at radius 3 is 2.81 bits per heavy atom. The van der Waals surface area contributed by atoms with E-state index in [-0.39, 0.29) is 6.04 Å². The van der Waals surface area contributed by atoms with Crippen LogP contribution in [0.5, 0.6) is 0 Å². The van der Waals surface area contributed by atoms with Crippen LogP contribution in [0.2, 0.25) is 0 Å². The number of aryl methyl sites for hydroxylation is 2. The second kappa shape index (κ2) is 8.11. The van der Waals surface area contributed by atoms with Crippen LogP contribution in [-0.4, -0.2) is 20.8 Å². The van der Waals surface area contributed by atoms with Gasteiger partial charge in [0.15, 0.2) is 0 Å². The molecule has 0 aliphatic heterocycles. The van der Waals surface area contributed by atoms with Crippen molar-refractivity contribution in [1.29, 1.82) is 0 Å². The van der Waals surface area contributed by atoms with Crippen LogP contribution in [0.25, 0.3) is 16.6 Å². The molecule has 1 aromatic carbocycles. The van der Waals surface area contributed by atoms with Gasteiger partial charge < -0.3 is 5.73 Å². The monoisotopic (exact) mass is 346 g/mol. The number of hydrogen-bond acceptors (Lipinski definition) is 3. The number of allylic oxidation sites excluding steroid dienone is 3. The zero-order valence-corrected chi connectivity index (χ0v) is 15.7. The fourth-order valence-corrected chi connectivity index (χ4v) is 3.11. The second-order valence-corrected chi connectivity index (χ2v) is 6.68. The van der Waals surface area contributed by atoms with Gasteiger partial charge >= 0.3 is 0 Å². The summed E-state index contributed by atoms with van der Waals surface area (Å²) in [5, 5.41) is 5.71. The van der Waals surface area contributed by atoms with Gasteiger partial charge in [0.25, 0.3) is 0 Å². The summed E-state index contributed by atoms with van der Waals surface area (Å²) in [6.07, 6.45) is 9.52. The summed E-state index contributed by atoms with van der Waals surface area (Å²) in [4.78, 5) is 4.66. The molecule has 4 nitrogen and oxygen atoms in total. The third kappa shape index (κ3) is 4.09. The van der Waals surface area contributed by atoms with Crippen LogP contribution in [0.4, 0.5) is 0 Å². The lowest BCUT2D eigenvalue weighted by Gasteiger charge is -2.16. The number of nitrogens with zero attached hydrogens (tertiary/aromatic N) is 3. The molecule has 134 valence electrons. The molecule has 1 unspecified atom stereocenters. The van der Waals surface area contributed by atoms with E-state index in [2.05, 4.69) is 41.3 Å². The molecule has 0 bridgehead atoms. The Morgan fingerprint density at radius 2 is 2.00 bits per heavy atom. The van der Waals surface area contributed by atoms with E-state index in [9.17, 15) is 0 Å². The van der Waals surface area contributed by atoms with Crippen LogP contribution in [0.15, 0.2) is 60.8 Å². The molecule has 0 aliphatic rings. The Kier molecular flexibility index (Phi) is 5.64. The molecule has 1 atom stereocenters. The average molecular weight is 346 g/mol. The SMILES string of the molecule is C/C=C\C=C(/CC(N)Cc1nc(C)ccc1C)n1ncc2ccccc21. The zero-order chi connectivity index (χ0) is 18.5. The highest BCUT2D eigenvalue weighted by Crippen LogP contribution is 2.21. The van der Waals surface area contributed by atoms with Gasteiger partial charge in [-0.3, -0.25) is 4.98 Å². The molecule has 0 radical (unpaired) electrons. The maximum absolute atomic E-state index is 6.50. The summed E-state index contributed by atoms with van der Waals surface area (Å²) in [6, 6.07) is 12.4. The van der Waals surface area contributed by atoms with Crippen molar-refractivity contribution < 1.29 is 0 Å². The van der Waals surface area contributed by atoms with E-state index < -0.39 is 0 Å². The van der Waals surface area contributed by atoms with Gasteiger partial charge in [0.2, 0.25) is 0 Å². The first-order valence-electron chi connectivity index (χ1n) is 9.02. The van der Waals surface area contributed by atoms with Gasteiger partial charge in [-0.15, -0.1) is 0 Å². The number of rotatable bonds is 6. The largest absolute Gasteiger partial charge is 0.327 e. The predicted octanol–water partition coefficient (Wildman–Crippen LogP) is 4.43. The summed E-state index contributed by atoms with van der Waals surface area (Å²) in [7, 11) is 0. The number of benzene rings is 1. The molecule has 2 heterocycles. The minimum atomic E-state index is -0.0255. The van der Waals surface area contributed by atoms with E-state index in [1.54, 1.807) is 0 Å². The lowest BCUT2D eigenvalue weighted by atomic mass is 10.0. The highest BCUT2D eigenvalue weighted by molar-refractivity contribution is 5.81. The molecule has 3 aromatic rings. The van der Waals surface area contributed by atoms with Crippen LogP contribution in [0.3, 0.4) is 0 Å². The van der Waals surface area contributed by atoms with Crippen LogP contribution < -0.4 is 5.73 Å². The maximum atomic E-state index is 6.50. The molecule has 0 aliphatic carbocycles. The van der Waals surface area contributed by atoms with E-state index in [1.807, 2.05) is 55.1 Å². The fourth-order valence-electron chi connectivity index (χ4n) is 3.11. The van der Waals surface area contributed by atoms with Crippen molar-refractivity contribution in [1.82, 2.24) is 14.8 Å². The summed E-state index contributed by atoms with van der Waals surface area (Å²) in [5.74, 6) is 0. The van der Waals surface area contributed by atoms with E-state index in [4.69, 9.17) is 5.73 Å². The van der Waals surface area contributed by atoms with E-state index in [1.165, 1.54) is 5.56 Å². The summed E-state index contributed by atoms with van der Waals surface area (Å²) < 4.78 is 1.99. The van der Waals surface area contributed by atoms with E-state index >= 15 is 0 Å². The van der Waals surface area contributed by atoms with Gasteiger partial charge in [-0.1, -0.05) is 36.4 Å². The van der Waals surface area contributed by atoms with Crippen LogP contribution >= 0.6 is 0 Å². The minimum Gasteiger partial charge on any atom is -0.327 e. The Morgan fingerprint density at radius 1 is 1.19 bits per heavy atom. The normalized spacial score (nSPS) is 13.6. The van der Waals surface area contributed by atoms with Crippen molar-refractivity contribution in [2.24, 2.45) is 5.73 Å². The molecule has 0 amide bonds. The van der Waals surface area contributed by atoms with Crippen molar-refractivity contribution >= 4 is 16.6 Å². The fraction of sp³-hybridized carbons (Fsp3) is 0.273. The summed E-state index contributed by atoms with van der Waals surface area (Å²) >= 11 is 0. The first-order valence-corrected chi connectivity index (χ1v) is 9.02. The van der Waals surface area contributed by atoms with Gasteiger partial charge in [-0.2, -0.15) is 5.10 Å². The van der Waals surface area contributed by atoms with Crippen LogP contribution in [0.1, 0.15) is 30.3 Å². The Balaban J connectivity index is 1.86. The maximum Gasteiger partial charge on any atom is 0.0737 e. The number of hydrogen-bond donors (Lipinski definition) is 1. The second-order valence-electron chi connectivity index (χ2n) is 6.68. The smallest absolute Gasteiger partial charge is 0.0737 e.